The molecule has 4 rings (SSSR count). The van der Waals surface area contributed by atoms with E-state index in [2.05, 4.69) is 15.6 Å². The molecule has 38 heavy (non-hydrogen) atoms. The maximum Gasteiger partial charge on any atom is 0.329 e. The first-order valence-corrected chi connectivity index (χ1v) is 11.0. The minimum atomic E-state index is -0.743. The number of ether oxygens (including phenoxy) is 3. The molecule has 3 aromatic rings. The summed E-state index contributed by atoms with van der Waals surface area (Å²) in [6.45, 7) is -0.502. The van der Waals surface area contributed by atoms with Crippen molar-refractivity contribution in [3.05, 3.63) is 82.2 Å². The lowest BCUT2D eigenvalue weighted by Crippen LogP contribution is -2.38. The van der Waals surface area contributed by atoms with Gasteiger partial charge in [-0.1, -0.05) is 18.2 Å². The molecule has 13 nitrogen and oxygen atoms in total. The lowest BCUT2D eigenvalue weighted by atomic mass is 10.1. The van der Waals surface area contributed by atoms with Gasteiger partial charge in [0.1, 0.15) is 24.2 Å². The van der Waals surface area contributed by atoms with Crippen molar-refractivity contribution in [2.24, 2.45) is 0 Å². The molecule has 1 saturated heterocycles. The Morgan fingerprint density at radius 2 is 1.84 bits per heavy atom. The summed E-state index contributed by atoms with van der Waals surface area (Å²) in [5.41, 5.74) is 0.685. The molecule has 1 aromatic heterocycles. The van der Waals surface area contributed by atoms with E-state index in [0.29, 0.717) is 17.0 Å². The minimum Gasteiger partial charge on any atom is -0.495 e. The zero-order chi connectivity index (χ0) is 27.2. The number of para-hydroxylation sites is 2. The van der Waals surface area contributed by atoms with E-state index < -0.39 is 29.3 Å². The molecule has 2 N–H and O–H groups in total. The third-order valence-electron chi connectivity index (χ3n) is 5.29. The Hall–Kier alpha value is -5.46. The van der Waals surface area contributed by atoms with Crippen LogP contribution in [0.15, 0.2) is 66.5 Å². The lowest BCUT2D eigenvalue weighted by Gasteiger charge is -2.13. The van der Waals surface area contributed by atoms with E-state index in [9.17, 15) is 24.5 Å². The average molecular weight is 519 g/mol. The molecule has 4 amide bonds. The third kappa shape index (κ3) is 5.67. The lowest BCUT2D eigenvalue weighted by molar-refractivity contribution is -0.385. The molecule has 2 heterocycles. The van der Waals surface area contributed by atoms with Crippen LogP contribution >= 0.6 is 0 Å². The number of benzene rings is 2. The Labute approximate surface area is 215 Å². The van der Waals surface area contributed by atoms with Crippen LogP contribution in [-0.4, -0.2) is 53.4 Å². The predicted octanol–water partition coefficient (Wildman–Crippen LogP) is 3.33. The molecule has 0 bridgehead atoms. The standard InChI is InChI=1S/C25H21N5O8/c1-36-19-6-4-3-5-17(19)27-22(31)14-29-24(32)18(28-25(29)33)11-15-7-9-20(21(12-15)37-2)38-23-10-8-16(13-26-23)30(34)35/h3-13H,14H2,1-2H3,(H,27,31)(H,28,33)/b18-11+. The molecule has 0 atom stereocenters. The van der Waals surface area contributed by atoms with Crippen LogP contribution < -0.4 is 24.8 Å². The fourth-order valence-corrected chi connectivity index (χ4v) is 3.47. The number of urea groups is 1. The SMILES string of the molecule is COc1ccccc1NC(=O)CN1C(=O)N/C(=C/c2ccc(Oc3ccc([N+](=O)[O-])cn3)c(OC)c2)C1=O. The maximum atomic E-state index is 12.8. The molecule has 0 aliphatic carbocycles. The molecular formula is C25H21N5O8. The summed E-state index contributed by atoms with van der Waals surface area (Å²) in [6, 6.07) is 13.3. The maximum absolute atomic E-state index is 12.8. The quantitative estimate of drug-likeness (QED) is 0.187. The van der Waals surface area contributed by atoms with Crippen molar-refractivity contribution in [2.75, 3.05) is 26.1 Å². The zero-order valence-corrected chi connectivity index (χ0v) is 20.2. The molecule has 2 aromatic carbocycles. The van der Waals surface area contributed by atoms with Crippen molar-refractivity contribution in [3.63, 3.8) is 0 Å². The first kappa shape index (κ1) is 25.6. The number of hydrogen-bond donors (Lipinski definition) is 2. The number of hydrogen-bond acceptors (Lipinski definition) is 9. The van der Waals surface area contributed by atoms with Gasteiger partial charge in [-0.15, -0.1) is 0 Å². The van der Waals surface area contributed by atoms with Crippen LogP contribution in [0, 0.1) is 10.1 Å². The molecule has 13 heteroatoms. The number of rotatable bonds is 9. The highest BCUT2D eigenvalue weighted by molar-refractivity contribution is 6.16. The fraction of sp³-hybridized carbons (Fsp3) is 0.120. The van der Waals surface area contributed by atoms with Crippen molar-refractivity contribution in [3.8, 4) is 23.1 Å². The number of anilines is 1. The predicted molar refractivity (Wildman–Crippen MR) is 134 cm³/mol. The van der Waals surface area contributed by atoms with Crippen molar-refractivity contribution in [1.29, 1.82) is 0 Å². The number of nitrogens with one attached hydrogen (secondary N) is 2. The molecule has 0 saturated carbocycles. The summed E-state index contributed by atoms with van der Waals surface area (Å²) in [4.78, 5) is 52.6. The van der Waals surface area contributed by atoms with E-state index in [1.807, 2.05) is 0 Å². The van der Waals surface area contributed by atoms with Crippen LogP contribution in [0.1, 0.15) is 5.56 Å². The minimum absolute atomic E-state index is 0.0344. The highest BCUT2D eigenvalue weighted by atomic mass is 16.6. The van der Waals surface area contributed by atoms with Crippen molar-refractivity contribution in [1.82, 2.24) is 15.2 Å². The van der Waals surface area contributed by atoms with Gasteiger partial charge >= 0.3 is 6.03 Å². The van der Waals surface area contributed by atoms with E-state index in [1.165, 1.54) is 32.4 Å². The number of amides is 4. The van der Waals surface area contributed by atoms with Gasteiger partial charge in [0.15, 0.2) is 11.5 Å². The van der Waals surface area contributed by atoms with Gasteiger partial charge in [0.25, 0.3) is 11.6 Å². The Kier molecular flexibility index (Phi) is 7.47. The van der Waals surface area contributed by atoms with Gasteiger partial charge in [-0.05, 0) is 35.9 Å². The van der Waals surface area contributed by atoms with E-state index in [4.69, 9.17) is 14.2 Å². The number of pyridine rings is 1. The van der Waals surface area contributed by atoms with Gasteiger partial charge in [-0.3, -0.25) is 19.7 Å². The van der Waals surface area contributed by atoms with Crippen LogP contribution in [0.5, 0.6) is 23.1 Å². The fourth-order valence-electron chi connectivity index (χ4n) is 3.47. The number of carbonyl (C=O) groups is 3. The topological polar surface area (TPSA) is 162 Å². The van der Waals surface area contributed by atoms with Gasteiger partial charge < -0.3 is 24.8 Å². The number of carbonyl (C=O) groups excluding carboxylic acids is 3. The smallest absolute Gasteiger partial charge is 0.329 e. The van der Waals surface area contributed by atoms with Crippen LogP contribution in [-0.2, 0) is 9.59 Å². The second-order valence-electron chi connectivity index (χ2n) is 7.75. The van der Waals surface area contributed by atoms with Crippen molar-refractivity contribution >= 4 is 35.3 Å². The number of nitrogens with zero attached hydrogens (tertiary/aromatic N) is 3. The molecule has 1 fully saturated rings. The molecule has 0 radical (unpaired) electrons. The first-order valence-electron chi connectivity index (χ1n) is 11.0. The Morgan fingerprint density at radius 1 is 1.08 bits per heavy atom. The molecule has 1 aliphatic rings. The Balaban J connectivity index is 1.46. The average Bonchev–Trinajstić information content (AvgIpc) is 3.17. The largest absolute Gasteiger partial charge is 0.495 e. The van der Waals surface area contributed by atoms with E-state index in [-0.39, 0.29) is 28.8 Å². The highest BCUT2D eigenvalue weighted by Crippen LogP contribution is 2.33. The first-order chi connectivity index (χ1) is 18.3. The number of aromatic nitrogens is 1. The van der Waals surface area contributed by atoms with Crippen molar-refractivity contribution < 1.29 is 33.5 Å². The summed E-state index contributed by atoms with van der Waals surface area (Å²) in [7, 11) is 2.87. The Morgan fingerprint density at radius 3 is 2.53 bits per heavy atom. The summed E-state index contributed by atoms with van der Waals surface area (Å²) < 4.78 is 16.2. The zero-order valence-electron chi connectivity index (χ0n) is 20.2. The number of methoxy groups -OCH3 is 2. The summed E-state index contributed by atoms with van der Waals surface area (Å²) in [5, 5.41) is 15.9. The summed E-state index contributed by atoms with van der Waals surface area (Å²) in [6.07, 6.45) is 2.49. The molecular weight excluding hydrogens is 498 g/mol. The van der Waals surface area contributed by atoms with E-state index in [0.717, 1.165) is 11.1 Å². The number of imide groups is 1. The third-order valence-corrected chi connectivity index (χ3v) is 5.29. The molecule has 0 spiro atoms. The molecule has 194 valence electrons. The van der Waals surface area contributed by atoms with Crippen LogP contribution in [0.2, 0.25) is 0 Å². The van der Waals surface area contributed by atoms with Crippen molar-refractivity contribution in [2.45, 2.75) is 0 Å². The second kappa shape index (κ2) is 11.1. The summed E-state index contributed by atoms with van der Waals surface area (Å²) >= 11 is 0. The number of nitro groups is 1. The van der Waals surface area contributed by atoms with Crippen LogP contribution in [0.3, 0.4) is 0 Å². The van der Waals surface area contributed by atoms with E-state index in [1.54, 1.807) is 42.5 Å². The van der Waals surface area contributed by atoms with Gasteiger partial charge in [0.05, 0.1) is 24.8 Å². The van der Waals surface area contributed by atoms with Gasteiger partial charge in [-0.25, -0.2) is 14.7 Å². The van der Waals surface area contributed by atoms with Crippen LogP contribution in [0.4, 0.5) is 16.2 Å². The van der Waals surface area contributed by atoms with Gasteiger partial charge in [0, 0.05) is 12.1 Å². The highest BCUT2D eigenvalue weighted by Gasteiger charge is 2.35. The Bertz CT molecular complexity index is 1440. The normalized spacial score (nSPS) is 13.7. The van der Waals surface area contributed by atoms with E-state index >= 15 is 0 Å². The van der Waals surface area contributed by atoms with Crippen LogP contribution in [0.25, 0.3) is 6.08 Å². The second-order valence-corrected chi connectivity index (χ2v) is 7.75. The molecule has 0 unspecified atom stereocenters. The van der Waals surface area contributed by atoms with Gasteiger partial charge in [0.2, 0.25) is 11.8 Å². The van der Waals surface area contributed by atoms with Gasteiger partial charge in [-0.2, -0.15) is 0 Å². The monoisotopic (exact) mass is 519 g/mol. The molecule has 1 aliphatic heterocycles. The summed E-state index contributed by atoms with van der Waals surface area (Å²) in [5.74, 6) is -0.164.